The quantitative estimate of drug-likeness (QED) is 0.507. The summed E-state index contributed by atoms with van der Waals surface area (Å²) in [4.78, 5) is 20.3. The Bertz CT molecular complexity index is 567. The van der Waals surface area contributed by atoms with Gasteiger partial charge in [-0.3, -0.25) is 25.7 Å². The molecule has 2 rings (SSSR count). The van der Waals surface area contributed by atoms with Gasteiger partial charge in [0.15, 0.2) is 0 Å². The molecule has 0 heterocycles. The number of anilines is 1. The normalized spacial score (nSPS) is 16.0. The predicted molar refractivity (Wildman–Crippen MR) is 78.4 cm³/mol. The Morgan fingerprint density at radius 1 is 1.14 bits per heavy atom. The molecule has 21 heavy (non-hydrogen) atoms. The minimum Gasteiger partial charge on any atom is -0.272 e. The molecule has 1 saturated carbocycles. The van der Waals surface area contributed by atoms with Gasteiger partial charge in [-0.05, 0) is 24.8 Å². The Morgan fingerprint density at radius 2 is 1.86 bits per heavy atom. The summed E-state index contributed by atoms with van der Waals surface area (Å²) in [6.07, 6.45) is 7.51. The maximum absolute atomic E-state index is 11.0. The maximum Gasteiger partial charge on any atom is 0.301 e. The predicted octanol–water partition coefficient (Wildman–Crippen LogP) is 3.48. The van der Waals surface area contributed by atoms with Crippen molar-refractivity contribution in [1.82, 2.24) is 0 Å². The summed E-state index contributed by atoms with van der Waals surface area (Å²) in [6, 6.07) is 3.44. The smallest absolute Gasteiger partial charge is 0.272 e. The van der Waals surface area contributed by atoms with Gasteiger partial charge in [0.2, 0.25) is 0 Å². The van der Waals surface area contributed by atoms with E-state index in [1.807, 2.05) is 0 Å². The minimum absolute atomic E-state index is 0.151. The van der Waals surface area contributed by atoms with E-state index in [0.29, 0.717) is 5.92 Å². The Balaban J connectivity index is 2.09. The van der Waals surface area contributed by atoms with Crippen molar-refractivity contribution in [2.75, 3.05) is 5.43 Å². The van der Waals surface area contributed by atoms with E-state index in [9.17, 15) is 20.2 Å². The van der Waals surface area contributed by atoms with Crippen LogP contribution < -0.4 is 5.43 Å². The summed E-state index contributed by atoms with van der Waals surface area (Å²) in [5.74, 6) is 0.392. The highest BCUT2D eigenvalue weighted by Crippen LogP contribution is 2.29. The first kappa shape index (κ1) is 14.9. The van der Waals surface area contributed by atoms with Crippen molar-refractivity contribution in [3.8, 4) is 0 Å². The number of nitro benzene ring substituents is 2. The van der Waals surface area contributed by atoms with Crippen LogP contribution in [0.25, 0.3) is 0 Å². The lowest BCUT2D eigenvalue weighted by molar-refractivity contribution is -0.393. The van der Waals surface area contributed by atoms with Crippen molar-refractivity contribution in [3.05, 3.63) is 38.4 Å². The van der Waals surface area contributed by atoms with Crippen LogP contribution in [0.3, 0.4) is 0 Å². The van der Waals surface area contributed by atoms with Gasteiger partial charge in [0.25, 0.3) is 5.69 Å². The molecule has 1 aromatic carbocycles. The molecular weight excluding hydrogens is 276 g/mol. The van der Waals surface area contributed by atoms with Crippen molar-refractivity contribution in [1.29, 1.82) is 0 Å². The van der Waals surface area contributed by atoms with Crippen LogP contribution in [0.4, 0.5) is 17.1 Å². The van der Waals surface area contributed by atoms with E-state index in [-0.39, 0.29) is 17.1 Å². The van der Waals surface area contributed by atoms with Crippen LogP contribution in [-0.2, 0) is 0 Å². The fraction of sp³-hybridized carbons (Fsp3) is 0.462. The number of nitrogens with zero attached hydrogens (tertiary/aromatic N) is 3. The monoisotopic (exact) mass is 292 g/mol. The number of non-ortho nitro benzene ring substituents is 1. The third-order valence-electron chi connectivity index (χ3n) is 3.51. The molecule has 1 fully saturated rings. The third-order valence-corrected chi connectivity index (χ3v) is 3.51. The van der Waals surface area contributed by atoms with Gasteiger partial charge < -0.3 is 0 Å². The van der Waals surface area contributed by atoms with Crippen LogP contribution in [0.5, 0.6) is 0 Å². The van der Waals surface area contributed by atoms with Gasteiger partial charge in [-0.25, -0.2) is 0 Å². The molecule has 1 N–H and O–H groups in total. The van der Waals surface area contributed by atoms with E-state index in [1.165, 1.54) is 31.4 Å². The zero-order valence-electron chi connectivity index (χ0n) is 11.4. The molecule has 0 aliphatic heterocycles. The van der Waals surface area contributed by atoms with Crippen molar-refractivity contribution in [2.24, 2.45) is 11.0 Å². The van der Waals surface area contributed by atoms with Gasteiger partial charge in [0.05, 0.1) is 15.9 Å². The molecule has 0 aromatic heterocycles. The Hall–Kier alpha value is -2.51. The molecular formula is C13H16N4O4. The number of benzene rings is 1. The summed E-state index contributed by atoms with van der Waals surface area (Å²) < 4.78 is 0. The molecule has 1 aromatic rings. The average Bonchev–Trinajstić information content (AvgIpc) is 2.48. The van der Waals surface area contributed by atoms with Crippen molar-refractivity contribution < 1.29 is 9.85 Å². The molecule has 0 unspecified atom stereocenters. The van der Waals surface area contributed by atoms with Gasteiger partial charge in [0.1, 0.15) is 5.69 Å². The highest BCUT2D eigenvalue weighted by atomic mass is 16.6. The first-order chi connectivity index (χ1) is 10.1. The number of hydrogen-bond donors (Lipinski definition) is 1. The van der Waals surface area contributed by atoms with Crippen LogP contribution in [-0.4, -0.2) is 16.1 Å². The summed E-state index contributed by atoms with van der Waals surface area (Å²) in [5, 5.41) is 25.6. The molecule has 8 nitrogen and oxygen atoms in total. The van der Waals surface area contributed by atoms with Gasteiger partial charge in [-0.1, -0.05) is 19.3 Å². The fourth-order valence-electron chi connectivity index (χ4n) is 2.37. The molecule has 0 radical (unpaired) electrons. The number of hydrogen-bond acceptors (Lipinski definition) is 6. The van der Waals surface area contributed by atoms with E-state index in [0.717, 1.165) is 18.9 Å². The number of rotatable bonds is 5. The van der Waals surface area contributed by atoms with Crippen LogP contribution >= 0.6 is 0 Å². The molecule has 1 aliphatic carbocycles. The topological polar surface area (TPSA) is 111 Å². The molecule has 8 heteroatoms. The second-order valence-electron chi connectivity index (χ2n) is 5.00. The first-order valence-corrected chi connectivity index (χ1v) is 6.80. The molecule has 0 spiro atoms. The van der Waals surface area contributed by atoms with Crippen LogP contribution in [0.2, 0.25) is 0 Å². The zero-order valence-corrected chi connectivity index (χ0v) is 11.4. The zero-order chi connectivity index (χ0) is 15.2. The van der Waals surface area contributed by atoms with E-state index in [1.54, 1.807) is 6.21 Å². The Kier molecular flexibility index (Phi) is 4.81. The third kappa shape index (κ3) is 3.98. The number of nitro groups is 2. The fourth-order valence-corrected chi connectivity index (χ4v) is 2.37. The van der Waals surface area contributed by atoms with Crippen molar-refractivity contribution in [2.45, 2.75) is 32.1 Å². The summed E-state index contributed by atoms with van der Waals surface area (Å²) in [5.41, 5.74) is 2.09. The van der Waals surface area contributed by atoms with Gasteiger partial charge >= 0.3 is 5.69 Å². The van der Waals surface area contributed by atoms with Gasteiger partial charge in [0, 0.05) is 12.3 Å². The van der Waals surface area contributed by atoms with E-state index in [2.05, 4.69) is 10.5 Å². The molecule has 112 valence electrons. The SMILES string of the molecule is O=[N+]([O-])c1ccc(NN=CC2CCCCC2)c([N+](=O)[O-])c1. The van der Waals surface area contributed by atoms with E-state index < -0.39 is 9.85 Å². The van der Waals surface area contributed by atoms with E-state index in [4.69, 9.17) is 0 Å². The highest BCUT2D eigenvalue weighted by Gasteiger charge is 2.19. The molecule has 0 atom stereocenters. The second-order valence-corrected chi connectivity index (χ2v) is 5.00. The van der Waals surface area contributed by atoms with Gasteiger partial charge in [-0.2, -0.15) is 5.10 Å². The van der Waals surface area contributed by atoms with Crippen LogP contribution in [0, 0.1) is 26.1 Å². The summed E-state index contributed by atoms with van der Waals surface area (Å²) in [7, 11) is 0. The standard InChI is InChI=1S/C13H16N4O4/c18-16(19)11-6-7-12(13(8-11)17(20)21)15-14-9-10-4-2-1-3-5-10/h6-10,15H,1-5H2. The molecule has 0 amide bonds. The maximum atomic E-state index is 11.0. The molecule has 1 aliphatic rings. The Morgan fingerprint density at radius 3 is 2.48 bits per heavy atom. The van der Waals surface area contributed by atoms with Crippen molar-refractivity contribution in [3.63, 3.8) is 0 Å². The number of hydrazone groups is 1. The highest BCUT2D eigenvalue weighted by molar-refractivity contribution is 5.68. The largest absolute Gasteiger partial charge is 0.301 e. The lowest BCUT2D eigenvalue weighted by Gasteiger charge is -2.16. The molecule has 0 saturated heterocycles. The average molecular weight is 292 g/mol. The minimum atomic E-state index is -0.665. The summed E-state index contributed by atoms with van der Waals surface area (Å²) >= 11 is 0. The van der Waals surface area contributed by atoms with E-state index >= 15 is 0 Å². The van der Waals surface area contributed by atoms with Crippen molar-refractivity contribution >= 4 is 23.3 Å². The molecule has 0 bridgehead atoms. The van der Waals surface area contributed by atoms with Gasteiger partial charge in [-0.15, -0.1) is 0 Å². The Labute approximate surface area is 121 Å². The first-order valence-electron chi connectivity index (χ1n) is 6.80. The lowest BCUT2D eigenvalue weighted by atomic mass is 9.90. The lowest BCUT2D eigenvalue weighted by Crippen LogP contribution is -2.08. The second kappa shape index (κ2) is 6.78. The van der Waals surface area contributed by atoms with Crippen LogP contribution in [0.15, 0.2) is 23.3 Å². The van der Waals surface area contributed by atoms with Crippen LogP contribution in [0.1, 0.15) is 32.1 Å². The number of nitrogens with one attached hydrogen (secondary N) is 1. The summed E-state index contributed by atoms with van der Waals surface area (Å²) in [6.45, 7) is 0.